The summed E-state index contributed by atoms with van der Waals surface area (Å²) in [4.78, 5) is 8.26. The Morgan fingerprint density at radius 3 is 3.16 bits per heavy atom. The predicted molar refractivity (Wildman–Crippen MR) is 80.9 cm³/mol. The molecule has 100 valence electrons. The number of aromatic nitrogens is 1. The van der Waals surface area contributed by atoms with E-state index >= 15 is 0 Å². The van der Waals surface area contributed by atoms with Crippen molar-refractivity contribution < 1.29 is 0 Å². The summed E-state index contributed by atoms with van der Waals surface area (Å²) >= 11 is 8.19. The van der Waals surface area contributed by atoms with Crippen molar-refractivity contribution in [2.45, 2.75) is 25.9 Å². The maximum Gasteiger partial charge on any atom is 0.147 e. The molecule has 1 unspecified atom stereocenters. The van der Waals surface area contributed by atoms with E-state index < -0.39 is 0 Å². The summed E-state index contributed by atoms with van der Waals surface area (Å²) in [7, 11) is 0. The smallest absolute Gasteiger partial charge is 0.147 e. The Morgan fingerprint density at radius 1 is 1.58 bits per heavy atom. The third kappa shape index (κ3) is 2.24. The lowest BCUT2D eigenvalue weighted by atomic mass is 10.0. The average molecular weight is 294 g/mol. The number of anilines is 1. The van der Waals surface area contributed by atoms with Crippen LogP contribution in [0.15, 0.2) is 23.7 Å². The summed E-state index contributed by atoms with van der Waals surface area (Å²) in [5, 5.41) is 2.85. The Labute approximate surface area is 122 Å². The second-order valence-corrected chi connectivity index (χ2v) is 6.18. The molecule has 3 rings (SSSR count). The van der Waals surface area contributed by atoms with E-state index in [1.807, 2.05) is 23.6 Å². The van der Waals surface area contributed by atoms with Crippen LogP contribution in [-0.4, -0.2) is 11.5 Å². The standard InChI is InChI=1S/C14H16ClN3S/c1-9-11-3-5-19-13(11)2-4-18(9)14-12(15)6-10(7-16)8-17-14/h3,5-6,8-9H,2,4,7,16H2,1H3. The van der Waals surface area contributed by atoms with Crippen LogP contribution in [0.3, 0.4) is 0 Å². The summed E-state index contributed by atoms with van der Waals surface area (Å²) in [5.41, 5.74) is 7.98. The van der Waals surface area contributed by atoms with E-state index in [-0.39, 0.29) is 0 Å². The van der Waals surface area contributed by atoms with Crippen molar-refractivity contribution in [2.75, 3.05) is 11.4 Å². The molecule has 1 atom stereocenters. The second-order valence-electron chi connectivity index (χ2n) is 4.77. The Hall–Kier alpha value is -1.10. The zero-order valence-electron chi connectivity index (χ0n) is 10.8. The monoisotopic (exact) mass is 293 g/mol. The van der Waals surface area contributed by atoms with Gasteiger partial charge in [0.1, 0.15) is 5.82 Å². The molecule has 19 heavy (non-hydrogen) atoms. The summed E-state index contributed by atoms with van der Waals surface area (Å²) in [5.74, 6) is 0.864. The average Bonchev–Trinajstić information content (AvgIpc) is 2.89. The maximum atomic E-state index is 6.35. The molecule has 0 radical (unpaired) electrons. The zero-order valence-corrected chi connectivity index (χ0v) is 12.3. The number of hydrogen-bond donors (Lipinski definition) is 1. The lowest BCUT2D eigenvalue weighted by molar-refractivity contribution is 0.625. The molecule has 0 spiro atoms. The van der Waals surface area contributed by atoms with Crippen molar-refractivity contribution in [1.29, 1.82) is 0 Å². The Morgan fingerprint density at radius 2 is 2.42 bits per heavy atom. The van der Waals surface area contributed by atoms with Gasteiger partial charge in [-0.3, -0.25) is 0 Å². The van der Waals surface area contributed by atoms with E-state index in [2.05, 4.69) is 28.3 Å². The number of fused-ring (bicyclic) bond motifs is 1. The highest BCUT2D eigenvalue weighted by Crippen LogP contribution is 2.37. The largest absolute Gasteiger partial charge is 0.348 e. The van der Waals surface area contributed by atoms with Gasteiger partial charge < -0.3 is 10.6 Å². The van der Waals surface area contributed by atoms with Gasteiger partial charge in [-0.05, 0) is 42.0 Å². The van der Waals surface area contributed by atoms with Gasteiger partial charge in [-0.1, -0.05) is 11.6 Å². The fraction of sp³-hybridized carbons (Fsp3) is 0.357. The molecule has 2 N–H and O–H groups in total. The highest BCUT2D eigenvalue weighted by atomic mass is 35.5. The normalized spacial score (nSPS) is 18.5. The Bertz CT molecular complexity index is 596. The quantitative estimate of drug-likeness (QED) is 0.923. The van der Waals surface area contributed by atoms with Crippen molar-refractivity contribution in [2.24, 2.45) is 5.73 Å². The van der Waals surface area contributed by atoms with Crippen LogP contribution in [-0.2, 0) is 13.0 Å². The van der Waals surface area contributed by atoms with E-state index in [0.717, 1.165) is 24.3 Å². The molecule has 0 aromatic carbocycles. The van der Waals surface area contributed by atoms with Crippen LogP contribution in [0.25, 0.3) is 0 Å². The molecular weight excluding hydrogens is 278 g/mol. The molecule has 1 aliphatic heterocycles. The van der Waals surface area contributed by atoms with E-state index in [4.69, 9.17) is 17.3 Å². The molecule has 2 aromatic heterocycles. The number of nitrogens with zero attached hydrogens (tertiary/aromatic N) is 2. The molecular formula is C14H16ClN3S. The van der Waals surface area contributed by atoms with Crippen LogP contribution in [0.5, 0.6) is 0 Å². The van der Waals surface area contributed by atoms with E-state index in [9.17, 15) is 0 Å². The van der Waals surface area contributed by atoms with Gasteiger partial charge in [0.2, 0.25) is 0 Å². The predicted octanol–water partition coefficient (Wildman–Crippen LogP) is 3.38. The molecule has 0 aliphatic carbocycles. The molecule has 5 heteroatoms. The van der Waals surface area contributed by atoms with Crippen LogP contribution < -0.4 is 10.6 Å². The molecule has 0 saturated heterocycles. The van der Waals surface area contributed by atoms with E-state index in [1.165, 1.54) is 10.4 Å². The topological polar surface area (TPSA) is 42.2 Å². The number of nitrogens with two attached hydrogens (primary N) is 1. The highest BCUT2D eigenvalue weighted by Gasteiger charge is 2.26. The maximum absolute atomic E-state index is 6.35. The van der Waals surface area contributed by atoms with Crippen LogP contribution in [0.4, 0.5) is 5.82 Å². The minimum absolute atomic E-state index is 0.323. The molecule has 3 heterocycles. The van der Waals surface area contributed by atoms with Crippen molar-refractivity contribution in [1.82, 2.24) is 4.98 Å². The first-order valence-corrected chi connectivity index (χ1v) is 7.64. The first kappa shape index (κ1) is 12.9. The Balaban J connectivity index is 1.95. The number of pyridine rings is 1. The molecule has 0 amide bonds. The van der Waals surface area contributed by atoms with Gasteiger partial charge in [-0.25, -0.2) is 4.98 Å². The fourth-order valence-corrected chi connectivity index (χ4v) is 3.85. The van der Waals surface area contributed by atoms with Gasteiger partial charge in [0, 0.05) is 24.2 Å². The van der Waals surface area contributed by atoms with Crippen molar-refractivity contribution >= 4 is 28.8 Å². The van der Waals surface area contributed by atoms with Gasteiger partial charge in [-0.15, -0.1) is 11.3 Å². The number of thiophene rings is 1. The molecule has 3 nitrogen and oxygen atoms in total. The fourth-order valence-electron chi connectivity index (χ4n) is 2.59. The third-order valence-electron chi connectivity index (χ3n) is 3.66. The van der Waals surface area contributed by atoms with Crippen molar-refractivity contribution in [3.8, 4) is 0 Å². The van der Waals surface area contributed by atoms with Crippen LogP contribution in [0, 0.1) is 0 Å². The molecule has 0 bridgehead atoms. The molecule has 0 saturated carbocycles. The number of halogens is 1. The number of rotatable bonds is 2. The number of hydrogen-bond acceptors (Lipinski definition) is 4. The van der Waals surface area contributed by atoms with Gasteiger partial charge in [-0.2, -0.15) is 0 Å². The van der Waals surface area contributed by atoms with Crippen molar-refractivity contribution in [3.63, 3.8) is 0 Å². The van der Waals surface area contributed by atoms with Crippen LogP contribution in [0.2, 0.25) is 5.02 Å². The lowest BCUT2D eigenvalue weighted by Crippen LogP contribution is -2.34. The van der Waals surface area contributed by atoms with Crippen LogP contribution >= 0.6 is 22.9 Å². The van der Waals surface area contributed by atoms with Gasteiger partial charge >= 0.3 is 0 Å². The summed E-state index contributed by atoms with van der Waals surface area (Å²) < 4.78 is 0. The van der Waals surface area contributed by atoms with Gasteiger partial charge in [0.05, 0.1) is 11.1 Å². The molecule has 1 aliphatic rings. The van der Waals surface area contributed by atoms with Crippen LogP contribution in [0.1, 0.15) is 29.0 Å². The highest BCUT2D eigenvalue weighted by molar-refractivity contribution is 7.10. The summed E-state index contributed by atoms with van der Waals surface area (Å²) in [6.07, 6.45) is 2.88. The minimum atomic E-state index is 0.323. The van der Waals surface area contributed by atoms with E-state index in [0.29, 0.717) is 17.6 Å². The molecule has 2 aromatic rings. The SMILES string of the molecule is CC1c2ccsc2CCN1c1ncc(CN)cc1Cl. The van der Waals surface area contributed by atoms with Gasteiger partial charge in [0.25, 0.3) is 0 Å². The Kier molecular flexibility index (Phi) is 3.48. The summed E-state index contributed by atoms with van der Waals surface area (Å²) in [6.45, 7) is 3.64. The summed E-state index contributed by atoms with van der Waals surface area (Å²) in [6, 6.07) is 4.45. The van der Waals surface area contributed by atoms with Gasteiger partial charge in [0.15, 0.2) is 0 Å². The first-order chi connectivity index (χ1) is 9.20. The first-order valence-electron chi connectivity index (χ1n) is 6.38. The lowest BCUT2D eigenvalue weighted by Gasteiger charge is -2.35. The molecule has 0 fully saturated rings. The zero-order chi connectivity index (χ0) is 13.4. The second kappa shape index (κ2) is 5.12. The minimum Gasteiger partial charge on any atom is -0.348 e. The van der Waals surface area contributed by atoms with E-state index in [1.54, 1.807) is 0 Å². The third-order valence-corrected chi connectivity index (χ3v) is 4.94. The van der Waals surface area contributed by atoms with Crippen molar-refractivity contribution in [3.05, 3.63) is 44.7 Å².